The smallest absolute Gasteiger partial charge is 0.334 e. The van der Waals surface area contributed by atoms with E-state index in [1.165, 1.54) is 7.11 Å². The van der Waals surface area contributed by atoms with Crippen LogP contribution in [0.25, 0.3) is 0 Å². The molecule has 1 rings (SSSR count). The molecule has 0 spiro atoms. The molecule has 1 fully saturated rings. The molecule has 120 valence electrons. The Bertz CT molecular complexity index is 397. The lowest BCUT2D eigenvalue weighted by molar-refractivity contribution is -0.148. The molecular formula is C14H24N2O5. The van der Waals surface area contributed by atoms with Crippen LogP contribution in [-0.2, 0) is 19.1 Å². The van der Waals surface area contributed by atoms with Crippen LogP contribution < -0.4 is 5.32 Å². The summed E-state index contributed by atoms with van der Waals surface area (Å²) in [5.41, 5.74) is 0. The summed E-state index contributed by atoms with van der Waals surface area (Å²) in [7, 11) is 1.29. The monoisotopic (exact) mass is 300 g/mol. The molecule has 2 N–H and O–H groups in total. The molecule has 21 heavy (non-hydrogen) atoms. The van der Waals surface area contributed by atoms with Crippen molar-refractivity contribution in [3.8, 4) is 0 Å². The lowest BCUT2D eigenvalue weighted by atomic mass is 9.96. The van der Waals surface area contributed by atoms with Crippen LogP contribution in [0.2, 0.25) is 0 Å². The Labute approximate surface area is 124 Å². The minimum Gasteiger partial charge on any atom is -0.479 e. The molecule has 1 aliphatic rings. The fraction of sp³-hybridized carbons (Fsp3) is 0.786. The minimum absolute atomic E-state index is 0.0489. The number of carbonyl (C=O) groups is 3. The second kappa shape index (κ2) is 7.97. The number of piperidine rings is 1. The molecule has 0 aromatic rings. The Kier molecular flexibility index (Phi) is 6.61. The number of ether oxygens (including phenoxy) is 1. The van der Waals surface area contributed by atoms with E-state index in [-0.39, 0.29) is 30.2 Å². The first-order valence-electron chi connectivity index (χ1n) is 7.19. The second-order valence-electron chi connectivity index (χ2n) is 5.59. The van der Waals surface area contributed by atoms with Crippen molar-refractivity contribution in [3.05, 3.63) is 0 Å². The van der Waals surface area contributed by atoms with Gasteiger partial charge in [-0.1, -0.05) is 13.8 Å². The zero-order chi connectivity index (χ0) is 16.0. The lowest BCUT2D eigenvalue weighted by Crippen LogP contribution is -2.48. The molecular weight excluding hydrogens is 276 g/mol. The third kappa shape index (κ3) is 5.00. The maximum atomic E-state index is 12.1. The van der Waals surface area contributed by atoms with Crippen molar-refractivity contribution in [1.82, 2.24) is 10.2 Å². The zero-order valence-corrected chi connectivity index (χ0v) is 12.8. The summed E-state index contributed by atoms with van der Waals surface area (Å²) in [6, 6.07) is 0. The fourth-order valence-corrected chi connectivity index (χ4v) is 2.37. The summed E-state index contributed by atoms with van der Waals surface area (Å²) in [6.45, 7) is 4.67. The number of carbonyl (C=O) groups excluding carboxylic acids is 2. The normalized spacial score (nSPS) is 20.2. The molecule has 2 amide bonds. The van der Waals surface area contributed by atoms with E-state index in [1.54, 1.807) is 4.90 Å². The molecule has 7 nitrogen and oxygen atoms in total. The van der Waals surface area contributed by atoms with Crippen molar-refractivity contribution in [2.75, 3.05) is 26.7 Å². The Hall–Kier alpha value is -1.63. The van der Waals surface area contributed by atoms with Crippen molar-refractivity contribution in [2.24, 2.45) is 11.8 Å². The van der Waals surface area contributed by atoms with E-state index in [9.17, 15) is 14.4 Å². The van der Waals surface area contributed by atoms with Crippen LogP contribution in [0.5, 0.6) is 0 Å². The maximum Gasteiger partial charge on any atom is 0.334 e. The van der Waals surface area contributed by atoms with Crippen molar-refractivity contribution < 1.29 is 24.2 Å². The van der Waals surface area contributed by atoms with Crippen LogP contribution in [0.3, 0.4) is 0 Å². The number of methoxy groups -OCH3 is 1. The van der Waals surface area contributed by atoms with Gasteiger partial charge in [-0.15, -0.1) is 0 Å². The highest BCUT2D eigenvalue weighted by molar-refractivity contribution is 5.82. The van der Waals surface area contributed by atoms with Crippen molar-refractivity contribution in [3.63, 3.8) is 0 Å². The molecule has 0 aromatic heterocycles. The van der Waals surface area contributed by atoms with E-state index in [1.807, 2.05) is 13.8 Å². The first kappa shape index (κ1) is 17.4. The Balaban J connectivity index is 2.50. The number of hydrogen-bond acceptors (Lipinski definition) is 4. The van der Waals surface area contributed by atoms with Gasteiger partial charge >= 0.3 is 5.97 Å². The standard InChI is InChI=1S/C14H24N2O5/c1-9(2)13(18)16-6-4-5-10(8-16)12(17)15-7-11(21-3)14(19)20/h9-11H,4-8H2,1-3H3,(H,15,17)(H,19,20). The van der Waals surface area contributed by atoms with Crippen molar-refractivity contribution >= 4 is 17.8 Å². The summed E-state index contributed by atoms with van der Waals surface area (Å²) >= 11 is 0. The Morgan fingerprint density at radius 1 is 1.38 bits per heavy atom. The summed E-state index contributed by atoms with van der Waals surface area (Å²) < 4.78 is 4.76. The van der Waals surface area contributed by atoms with Gasteiger partial charge in [0, 0.05) is 26.1 Å². The number of carboxylic acid groups (broad SMARTS) is 1. The molecule has 0 saturated carbocycles. The molecule has 0 aromatic carbocycles. The Morgan fingerprint density at radius 2 is 2.05 bits per heavy atom. The van der Waals surface area contributed by atoms with Gasteiger partial charge in [-0.2, -0.15) is 0 Å². The van der Waals surface area contributed by atoms with E-state index in [4.69, 9.17) is 9.84 Å². The Morgan fingerprint density at radius 3 is 2.57 bits per heavy atom. The number of amides is 2. The quantitative estimate of drug-likeness (QED) is 0.725. The van der Waals surface area contributed by atoms with Gasteiger partial charge in [0.1, 0.15) is 0 Å². The highest BCUT2D eigenvalue weighted by Gasteiger charge is 2.30. The zero-order valence-electron chi connectivity index (χ0n) is 12.8. The third-order valence-electron chi connectivity index (χ3n) is 3.62. The van der Waals surface area contributed by atoms with E-state index < -0.39 is 12.1 Å². The van der Waals surface area contributed by atoms with E-state index in [2.05, 4.69) is 5.32 Å². The summed E-state index contributed by atoms with van der Waals surface area (Å²) in [5, 5.41) is 11.4. The van der Waals surface area contributed by atoms with Gasteiger partial charge < -0.3 is 20.1 Å². The van der Waals surface area contributed by atoms with Gasteiger partial charge in [0.25, 0.3) is 0 Å². The van der Waals surface area contributed by atoms with Crippen LogP contribution in [0.1, 0.15) is 26.7 Å². The molecule has 1 saturated heterocycles. The van der Waals surface area contributed by atoms with Crippen LogP contribution in [0, 0.1) is 11.8 Å². The molecule has 0 bridgehead atoms. The van der Waals surface area contributed by atoms with Crippen LogP contribution >= 0.6 is 0 Å². The number of rotatable bonds is 6. The van der Waals surface area contributed by atoms with Gasteiger partial charge in [0.15, 0.2) is 6.10 Å². The fourth-order valence-electron chi connectivity index (χ4n) is 2.37. The average molecular weight is 300 g/mol. The lowest BCUT2D eigenvalue weighted by Gasteiger charge is -2.33. The molecule has 1 aliphatic heterocycles. The minimum atomic E-state index is -1.11. The maximum absolute atomic E-state index is 12.1. The predicted molar refractivity (Wildman–Crippen MR) is 75.6 cm³/mol. The number of hydrogen-bond donors (Lipinski definition) is 2. The van der Waals surface area contributed by atoms with E-state index in [0.717, 1.165) is 6.42 Å². The topological polar surface area (TPSA) is 95.9 Å². The predicted octanol–water partition coefficient (Wildman–Crippen LogP) is 0.0968. The van der Waals surface area contributed by atoms with Crippen molar-refractivity contribution in [2.45, 2.75) is 32.8 Å². The molecule has 7 heteroatoms. The van der Waals surface area contributed by atoms with Gasteiger partial charge in [-0.05, 0) is 12.8 Å². The molecule has 2 atom stereocenters. The number of likely N-dealkylation sites (tertiary alicyclic amines) is 1. The molecule has 0 radical (unpaired) electrons. The number of carboxylic acids is 1. The van der Waals surface area contributed by atoms with Crippen LogP contribution in [0.4, 0.5) is 0 Å². The van der Waals surface area contributed by atoms with Gasteiger partial charge in [-0.3, -0.25) is 9.59 Å². The summed E-state index contributed by atoms with van der Waals surface area (Å²) in [4.78, 5) is 36.6. The van der Waals surface area contributed by atoms with Gasteiger partial charge in [0.05, 0.1) is 12.5 Å². The van der Waals surface area contributed by atoms with Crippen molar-refractivity contribution in [1.29, 1.82) is 0 Å². The molecule has 1 heterocycles. The SMILES string of the molecule is COC(CNC(=O)C1CCCN(C(=O)C(C)C)C1)C(=O)O. The first-order chi connectivity index (χ1) is 9.86. The van der Waals surface area contributed by atoms with Crippen LogP contribution in [0.15, 0.2) is 0 Å². The number of nitrogens with one attached hydrogen (secondary N) is 1. The van der Waals surface area contributed by atoms with Crippen LogP contribution in [-0.4, -0.2) is 60.6 Å². The van der Waals surface area contributed by atoms with Gasteiger partial charge in [-0.25, -0.2) is 4.79 Å². The highest BCUT2D eigenvalue weighted by atomic mass is 16.5. The molecule has 2 unspecified atom stereocenters. The number of nitrogens with zero attached hydrogens (tertiary/aromatic N) is 1. The van der Waals surface area contributed by atoms with Gasteiger partial charge in [0.2, 0.25) is 11.8 Å². The molecule has 0 aliphatic carbocycles. The largest absolute Gasteiger partial charge is 0.479 e. The van der Waals surface area contributed by atoms with E-state index in [0.29, 0.717) is 19.5 Å². The summed E-state index contributed by atoms with van der Waals surface area (Å²) in [6.07, 6.45) is 0.438. The first-order valence-corrected chi connectivity index (χ1v) is 7.19. The number of aliphatic carboxylic acids is 1. The third-order valence-corrected chi connectivity index (χ3v) is 3.62. The average Bonchev–Trinajstić information content (AvgIpc) is 2.46. The second-order valence-corrected chi connectivity index (χ2v) is 5.59. The van der Waals surface area contributed by atoms with E-state index >= 15 is 0 Å². The summed E-state index contributed by atoms with van der Waals surface area (Å²) in [5.74, 6) is -1.66. The highest BCUT2D eigenvalue weighted by Crippen LogP contribution is 2.18.